The normalized spacial score (nSPS) is 23.7. The number of rotatable bonds is 5. The molecule has 10 nitrogen and oxygen atoms in total. The minimum atomic E-state index is -4.38. The Bertz CT molecular complexity index is 1100. The molecule has 1 aliphatic heterocycles. The Morgan fingerprint density at radius 2 is 1.76 bits per heavy atom. The van der Waals surface area contributed by atoms with Gasteiger partial charge < -0.3 is 5.32 Å². The molecule has 12 heteroatoms. The third-order valence-corrected chi connectivity index (χ3v) is 9.24. The first kappa shape index (κ1) is 20.4. The smallest absolute Gasteiger partial charge is 0.240 e. The van der Waals surface area contributed by atoms with Crippen molar-refractivity contribution in [1.82, 2.24) is 25.9 Å². The quantitative estimate of drug-likeness (QED) is 0.607. The zero-order valence-corrected chi connectivity index (χ0v) is 17.6. The van der Waals surface area contributed by atoms with Crippen molar-refractivity contribution in [2.75, 3.05) is 13.1 Å². The lowest BCUT2D eigenvalue weighted by Gasteiger charge is -2.30. The van der Waals surface area contributed by atoms with E-state index in [2.05, 4.69) is 32.9 Å². The van der Waals surface area contributed by atoms with E-state index in [1.807, 2.05) is 0 Å². The number of hydrogen-bond acceptors (Lipinski definition) is 8. The van der Waals surface area contributed by atoms with Crippen LogP contribution in [0.1, 0.15) is 44.1 Å². The number of nitrogens with zero attached hydrogens (tertiary/aromatic N) is 3. The molecule has 2 fully saturated rings. The molecule has 4 rings (SSSR count). The van der Waals surface area contributed by atoms with Crippen LogP contribution in [0.3, 0.4) is 0 Å². The van der Waals surface area contributed by atoms with E-state index in [9.17, 15) is 16.8 Å². The van der Waals surface area contributed by atoms with Gasteiger partial charge >= 0.3 is 0 Å². The van der Waals surface area contributed by atoms with E-state index in [1.165, 1.54) is 6.07 Å². The summed E-state index contributed by atoms with van der Waals surface area (Å²) < 4.78 is 51.5. The standard InChI is InChI=1S/C17H24N6O4S2/c1-10-2-4-11(5-3-10)13-6-7-14(28(24,25)12-8-19-9-12)16(29(18,26)27)15(13)17-20-22-23-21-17/h6-7,10-12,19H,2-5,8-9H2,1H3,(H2,18,26,27)(H,20,21,22,23). The van der Waals surface area contributed by atoms with E-state index >= 15 is 0 Å². The molecule has 0 amide bonds. The van der Waals surface area contributed by atoms with Crippen molar-refractivity contribution in [3.63, 3.8) is 0 Å². The number of aromatic nitrogens is 4. The molecule has 2 heterocycles. The third-order valence-electron chi connectivity index (χ3n) is 5.95. The molecule has 1 saturated heterocycles. The lowest BCUT2D eigenvalue weighted by molar-refractivity contribution is 0.348. The van der Waals surface area contributed by atoms with Gasteiger partial charge in [-0.2, -0.15) is 5.21 Å². The van der Waals surface area contributed by atoms with E-state index in [1.54, 1.807) is 6.07 Å². The fourth-order valence-electron chi connectivity index (χ4n) is 4.16. The first-order chi connectivity index (χ1) is 13.7. The number of tetrazole rings is 1. The van der Waals surface area contributed by atoms with Crippen LogP contribution in [0.25, 0.3) is 11.4 Å². The highest BCUT2D eigenvalue weighted by molar-refractivity contribution is 7.94. The van der Waals surface area contributed by atoms with Crippen LogP contribution in [0, 0.1) is 5.92 Å². The predicted molar refractivity (Wildman–Crippen MR) is 105 cm³/mol. The van der Waals surface area contributed by atoms with E-state index in [-0.39, 0.29) is 35.3 Å². The maximum Gasteiger partial charge on any atom is 0.240 e. The highest BCUT2D eigenvalue weighted by atomic mass is 32.2. The lowest BCUT2D eigenvalue weighted by atomic mass is 9.78. The van der Waals surface area contributed by atoms with Crippen LogP contribution >= 0.6 is 0 Å². The zero-order valence-electron chi connectivity index (χ0n) is 16.0. The number of nitrogens with two attached hydrogens (primary N) is 1. The number of aromatic amines is 1. The number of sulfone groups is 1. The summed E-state index contributed by atoms with van der Waals surface area (Å²) in [5.74, 6) is 0.706. The molecule has 1 aromatic heterocycles. The van der Waals surface area contributed by atoms with Crippen molar-refractivity contribution in [3.8, 4) is 11.4 Å². The molecule has 1 aliphatic carbocycles. The summed E-state index contributed by atoms with van der Waals surface area (Å²) >= 11 is 0. The van der Waals surface area contributed by atoms with E-state index in [0.717, 1.165) is 25.7 Å². The van der Waals surface area contributed by atoms with E-state index in [4.69, 9.17) is 5.14 Å². The topological polar surface area (TPSA) is 161 Å². The van der Waals surface area contributed by atoms with Crippen LogP contribution in [0.15, 0.2) is 21.9 Å². The summed E-state index contributed by atoms with van der Waals surface area (Å²) in [6, 6.07) is 3.07. The van der Waals surface area contributed by atoms with Crippen LogP contribution in [-0.4, -0.2) is 55.8 Å². The average Bonchev–Trinajstić information content (AvgIpc) is 3.13. The number of hydrogen-bond donors (Lipinski definition) is 3. The monoisotopic (exact) mass is 440 g/mol. The van der Waals surface area contributed by atoms with Gasteiger partial charge in [0, 0.05) is 18.7 Å². The maximum atomic E-state index is 13.1. The van der Waals surface area contributed by atoms with Crippen molar-refractivity contribution in [2.24, 2.45) is 11.1 Å². The first-order valence-corrected chi connectivity index (χ1v) is 12.7. The fraction of sp³-hybridized carbons (Fsp3) is 0.588. The second-order valence-electron chi connectivity index (χ2n) is 7.92. The van der Waals surface area contributed by atoms with Gasteiger partial charge in [0.15, 0.2) is 9.84 Å². The lowest BCUT2D eigenvalue weighted by Crippen LogP contribution is -2.51. The first-order valence-electron chi connectivity index (χ1n) is 9.57. The Balaban J connectivity index is 1.97. The number of H-pyrrole nitrogens is 1. The largest absolute Gasteiger partial charge is 0.314 e. The zero-order chi connectivity index (χ0) is 20.8. The van der Waals surface area contributed by atoms with Crippen molar-refractivity contribution in [3.05, 3.63) is 17.7 Å². The number of nitrogens with one attached hydrogen (secondary N) is 2. The van der Waals surface area contributed by atoms with Gasteiger partial charge in [-0.3, -0.25) is 0 Å². The molecule has 1 aromatic carbocycles. The highest BCUT2D eigenvalue weighted by Crippen LogP contribution is 2.43. The SMILES string of the molecule is CC1CCC(c2ccc(S(=O)(=O)C3CNC3)c(S(N)(=O)=O)c2-c2nn[nH]n2)CC1. The fourth-order valence-corrected chi connectivity index (χ4v) is 7.35. The Labute approximate surface area is 169 Å². The van der Waals surface area contributed by atoms with Crippen molar-refractivity contribution in [2.45, 2.75) is 53.6 Å². The molecule has 0 radical (unpaired) electrons. The Hall–Kier alpha value is -1.89. The molecule has 29 heavy (non-hydrogen) atoms. The Morgan fingerprint density at radius 1 is 1.07 bits per heavy atom. The van der Waals surface area contributed by atoms with Crippen LogP contribution in [0.5, 0.6) is 0 Å². The van der Waals surface area contributed by atoms with Crippen LogP contribution in [0.4, 0.5) is 0 Å². The van der Waals surface area contributed by atoms with Gasteiger partial charge in [-0.05, 0) is 41.5 Å². The summed E-state index contributed by atoms with van der Waals surface area (Å²) in [6.45, 7) is 2.73. The summed E-state index contributed by atoms with van der Waals surface area (Å²) in [6.07, 6.45) is 3.76. The van der Waals surface area contributed by atoms with Crippen LogP contribution in [0.2, 0.25) is 0 Å². The second kappa shape index (κ2) is 7.42. The average molecular weight is 441 g/mol. The predicted octanol–water partition coefficient (Wildman–Crippen LogP) is 0.553. The van der Waals surface area contributed by atoms with Gasteiger partial charge in [0.25, 0.3) is 0 Å². The van der Waals surface area contributed by atoms with Gasteiger partial charge in [0.1, 0.15) is 4.90 Å². The highest BCUT2D eigenvalue weighted by Gasteiger charge is 2.39. The Kier molecular flexibility index (Phi) is 5.21. The van der Waals surface area contributed by atoms with Gasteiger partial charge in [-0.25, -0.2) is 22.0 Å². The van der Waals surface area contributed by atoms with Crippen LogP contribution < -0.4 is 10.5 Å². The molecule has 0 spiro atoms. The summed E-state index contributed by atoms with van der Waals surface area (Å²) in [5, 5.41) is 21.5. The molecular formula is C17H24N6O4S2. The molecule has 2 aromatic rings. The van der Waals surface area contributed by atoms with E-state index in [0.29, 0.717) is 11.5 Å². The molecular weight excluding hydrogens is 416 g/mol. The number of sulfonamides is 1. The van der Waals surface area contributed by atoms with Crippen molar-refractivity contribution in [1.29, 1.82) is 0 Å². The molecule has 0 bridgehead atoms. The third kappa shape index (κ3) is 3.69. The molecule has 0 atom stereocenters. The van der Waals surface area contributed by atoms with E-state index < -0.39 is 30.0 Å². The number of benzene rings is 1. The maximum absolute atomic E-state index is 13.1. The van der Waals surface area contributed by atoms with Crippen molar-refractivity contribution < 1.29 is 16.8 Å². The summed E-state index contributed by atoms with van der Waals surface area (Å²) in [5.41, 5.74) is 0.849. The van der Waals surface area contributed by atoms with Gasteiger partial charge in [-0.1, -0.05) is 25.8 Å². The molecule has 0 unspecified atom stereocenters. The molecule has 158 valence electrons. The van der Waals surface area contributed by atoms with Gasteiger partial charge in [-0.15, -0.1) is 10.2 Å². The summed E-state index contributed by atoms with van der Waals surface area (Å²) in [7, 11) is -8.28. The second-order valence-corrected chi connectivity index (χ2v) is 11.6. The van der Waals surface area contributed by atoms with Crippen molar-refractivity contribution >= 4 is 19.9 Å². The van der Waals surface area contributed by atoms with Crippen LogP contribution in [-0.2, 0) is 19.9 Å². The van der Waals surface area contributed by atoms with Gasteiger partial charge in [0.05, 0.1) is 10.1 Å². The minimum absolute atomic E-state index is 0.0337. The number of primary sulfonamides is 1. The Morgan fingerprint density at radius 3 is 2.28 bits per heavy atom. The summed E-state index contributed by atoms with van der Waals surface area (Å²) in [4.78, 5) is -0.721. The van der Waals surface area contributed by atoms with Gasteiger partial charge in [0.2, 0.25) is 15.8 Å². The minimum Gasteiger partial charge on any atom is -0.314 e. The molecule has 1 saturated carbocycles. The molecule has 2 aliphatic rings. The molecule has 4 N–H and O–H groups in total.